The van der Waals surface area contributed by atoms with Gasteiger partial charge in [-0.1, -0.05) is 36.4 Å². The van der Waals surface area contributed by atoms with Crippen molar-refractivity contribution >= 4 is 23.5 Å². The number of nitrogens with zero attached hydrogens (tertiary/aromatic N) is 1. The van der Waals surface area contributed by atoms with Crippen molar-refractivity contribution in [3.8, 4) is 0 Å². The van der Waals surface area contributed by atoms with Gasteiger partial charge in [0.2, 0.25) is 5.91 Å². The van der Waals surface area contributed by atoms with E-state index in [1.165, 1.54) is 12.6 Å². The van der Waals surface area contributed by atoms with Gasteiger partial charge >= 0.3 is 6.03 Å². The molecule has 0 radical (unpaired) electrons. The van der Waals surface area contributed by atoms with Gasteiger partial charge in [-0.05, 0) is 36.1 Å². The Labute approximate surface area is 164 Å². The van der Waals surface area contributed by atoms with Gasteiger partial charge < -0.3 is 20.9 Å². The van der Waals surface area contributed by atoms with Crippen LogP contribution in [0.25, 0.3) is 0 Å². The van der Waals surface area contributed by atoms with Crippen LogP contribution in [0.5, 0.6) is 0 Å². The molecule has 1 aliphatic rings. The first-order valence-electron chi connectivity index (χ1n) is 9.20. The second-order valence-corrected chi connectivity index (χ2v) is 6.72. The molecule has 4 amide bonds. The summed E-state index contributed by atoms with van der Waals surface area (Å²) in [6.45, 7) is 2.78. The molecule has 0 fully saturated rings. The van der Waals surface area contributed by atoms with Crippen LogP contribution in [0.15, 0.2) is 42.5 Å². The number of amides is 4. The zero-order valence-corrected chi connectivity index (χ0v) is 16.0. The highest BCUT2D eigenvalue weighted by Gasteiger charge is 2.21. The zero-order valence-electron chi connectivity index (χ0n) is 16.0. The monoisotopic (exact) mass is 380 g/mol. The molecule has 28 heavy (non-hydrogen) atoms. The minimum Gasteiger partial charge on any atom is -0.355 e. The second kappa shape index (κ2) is 8.56. The van der Waals surface area contributed by atoms with Gasteiger partial charge in [0.05, 0.1) is 17.8 Å². The van der Waals surface area contributed by atoms with Crippen molar-refractivity contribution in [2.75, 3.05) is 25.5 Å². The molecule has 0 unspecified atom stereocenters. The lowest BCUT2D eigenvalue weighted by molar-refractivity contribution is -0.115. The van der Waals surface area contributed by atoms with Crippen molar-refractivity contribution < 1.29 is 14.4 Å². The van der Waals surface area contributed by atoms with Crippen LogP contribution in [0.1, 0.15) is 27.0 Å². The van der Waals surface area contributed by atoms with E-state index in [1.54, 1.807) is 30.0 Å². The first kappa shape index (κ1) is 19.4. The Kier molecular flexibility index (Phi) is 5.93. The summed E-state index contributed by atoms with van der Waals surface area (Å²) >= 11 is 0. The maximum Gasteiger partial charge on any atom is 0.318 e. The third-order valence-corrected chi connectivity index (χ3v) is 4.82. The third-order valence-electron chi connectivity index (χ3n) is 4.82. The molecule has 2 aromatic rings. The van der Waals surface area contributed by atoms with Crippen LogP contribution >= 0.6 is 0 Å². The standard InChI is InChI=1S/C21H24N4O3/c1-14-6-5-9-17(19(14)20(27)22-2)24-18(26)12-23-21(28)25-11-10-15-7-3-4-8-16(15)13-25/h3-9H,10-13H2,1-2H3,(H,22,27)(H,23,28)(H,24,26). The summed E-state index contributed by atoms with van der Waals surface area (Å²) in [5.41, 5.74) is 3.98. The molecule has 0 bridgehead atoms. The molecule has 0 spiro atoms. The lowest BCUT2D eigenvalue weighted by Gasteiger charge is -2.28. The summed E-state index contributed by atoms with van der Waals surface area (Å²) in [7, 11) is 1.54. The van der Waals surface area contributed by atoms with Crippen LogP contribution in [-0.2, 0) is 17.8 Å². The number of urea groups is 1. The molecule has 2 aromatic carbocycles. The van der Waals surface area contributed by atoms with E-state index in [-0.39, 0.29) is 24.4 Å². The molecule has 0 saturated carbocycles. The van der Waals surface area contributed by atoms with Gasteiger partial charge in [0.1, 0.15) is 0 Å². The van der Waals surface area contributed by atoms with Gasteiger partial charge in [0.25, 0.3) is 5.91 Å². The molecule has 1 heterocycles. The summed E-state index contributed by atoms with van der Waals surface area (Å²) in [4.78, 5) is 38.5. The lowest BCUT2D eigenvalue weighted by atomic mass is 10.0. The van der Waals surface area contributed by atoms with Crippen LogP contribution in [0, 0.1) is 6.92 Å². The Balaban J connectivity index is 1.57. The van der Waals surface area contributed by atoms with Crippen LogP contribution in [0.2, 0.25) is 0 Å². The number of carbonyl (C=O) groups is 3. The molecule has 7 nitrogen and oxygen atoms in total. The van der Waals surface area contributed by atoms with Crippen LogP contribution in [0.3, 0.4) is 0 Å². The molecular weight excluding hydrogens is 356 g/mol. The van der Waals surface area contributed by atoms with Gasteiger partial charge in [-0.15, -0.1) is 0 Å². The highest BCUT2D eigenvalue weighted by atomic mass is 16.2. The molecule has 0 aliphatic carbocycles. The van der Waals surface area contributed by atoms with Gasteiger partial charge in [-0.2, -0.15) is 0 Å². The largest absolute Gasteiger partial charge is 0.355 e. The Morgan fingerprint density at radius 3 is 2.54 bits per heavy atom. The average molecular weight is 380 g/mol. The minimum absolute atomic E-state index is 0.169. The number of anilines is 1. The van der Waals surface area contributed by atoms with E-state index in [0.717, 1.165) is 17.5 Å². The van der Waals surface area contributed by atoms with E-state index in [9.17, 15) is 14.4 Å². The molecule has 0 atom stereocenters. The fourth-order valence-corrected chi connectivity index (χ4v) is 3.33. The number of benzene rings is 2. The Bertz CT molecular complexity index is 910. The molecular formula is C21H24N4O3. The van der Waals surface area contributed by atoms with Crippen molar-refractivity contribution in [2.24, 2.45) is 0 Å². The van der Waals surface area contributed by atoms with Crippen molar-refractivity contribution in [1.29, 1.82) is 0 Å². The van der Waals surface area contributed by atoms with E-state index in [4.69, 9.17) is 0 Å². The smallest absolute Gasteiger partial charge is 0.318 e. The van der Waals surface area contributed by atoms with E-state index in [0.29, 0.717) is 24.3 Å². The first-order valence-corrected chi connectivity index (χ1v) is 9.20. The van der Waals surface area contributed by atoms with Crippen LogP contribution in [-0.4, -0.2) is 42.9 Å². The van der Waals surface area contributed by atoms with Crippen LogP contribution < -0.4 is 16.0 Å². The summed E-state index contributed by atoms with van der Waals surface area (Å²) in [6.07, 6.45) is 0.800. The Morgan fingerprint density at radius 1 is 1.04 bits per heavy atom. The van der Waals surface area contributed by atoms with Gasteiger partial charge in [-0.3, -0.25) is 9.59 Å². The van der Waals surface area contributed by atoms with Gasteiger partial charge in [0, 0.05) is 20.1 Å². The van der Waals surface area contributed by atoms with E-state index >= 15 is 0 Å². The maximum atomic E-state index is 12.4. The molecule has 146 valence electrons. The molecule has 0 aromatic heterocycles. The topological polar surface area (TPSA) is 90.5 Å². The fourth-order valence-electron chi connectivity index (χ4n) is 3.33. The van der Waals surface area contributed by atoms with Crippen molar-refractivity contribution in [1.82, 2.24) is 15.5 Å². The summed E-state index contributed by atoms with van der Waals surface area (Å²) in [5.74, 6) is -0.661. The fraction of sp³-hybridized carbons (Fsp3) is 0.286. The Hall–Kier alpha value is -3.35. The molecule has 3 rings (SSSR count). The van der Waals surface area contributed by atoms with E-state index < -0.39 is 0 Å². The molecule has 3 N–H and O–H groups in total. The van der Waals surface area contributed by atoms with Crippen molar-refractivity contribution in [3.05, 3.63) is 64.7 Å². The molecule has 0 saturated heterocycles. The summed E-state index contributed by atoms with van der Waals surface area (Å²) in [6, 6.07) is 13.0. The number of carbonyl (C=O) groups excluding carboxylic acids is 3. The second-order valence-electron chi connectivity index (χ2n) is 6.72. The minimum atomic E-state index is -0.387. The molecule has 1 aliphatic heterocycles. The summed E-state index contributed by atoms with van der Waals surface area (Å²) in [5, 5.41) is 7.93. The number of rotatable bonds is 4. The number of aryl methyl sites for hydroxylation is 1. The average Bonchev–Trinajstić information content (AvgIpc) is 2.71. The Morgan fingerprint density at radius 2 is 1.79 bits per heavy atom. The third kappa shape index (κ3) is 4.31. The van der Waals surface area contributed by atoms with Gasteiger partial charge in [-0.25, -0.2) is 4.79 Å². The van der Waals surface area contributed by atoms with Gasteiger partial charge in [0.15, 0.2) is 0 Å². The van der Waals surface area contributed by atoms with Crippen LogP contribution in [0.4, 0.5) is 10.5 Å². The predicted octanol–water partition coefficient (Wildman–Crippen LogP) is 2.06. The maximum absolute atomic E-state index is 12.4. The number of fused-ring (bicyclic) bond motifs is 1. The SMILES string of the molecule is CNC(=O)c1c(C)cccc1NC(=O)CNC(=O)N1CCc2ccccc2C1. The molecule has 7 heteroatoms. The van der Waals surface area contributed by atoms with Crippen molar-refractivity contribution in [2.45, 2.75) is 19.9 Å². The lowest BCUT2D eigenvalue weighted by Crippen LogP contribution is -2.45. The van der Waals surface area contributed by atoms with E-state index in [1.807, 2.05) is 18.2 Å². The number of hydrogen-bond acceptors (Lipinski definition) is 3. The zero-order chi connectivity index (χ0) is 20.1. The van der Waals surface area contributed by atoms with E-state index in [2.05, 4.69) is 22.0 Å². The highest BCUT2D eigenvalue weighted by Crippen LogP contribution is 2.20. The number of nitrogens with one attached hydrogen (secondary N) is 3. The number of hydrogen-bond donors (Lipinski definition) is 3. The first-order chi connectivity index (χ1) is 13.5. The predicted molar refractivity (Wildman–Crippen MR) is 107 cm³/mol. The normalized spacial score (nSPS) is 12.7. The quantitative estimate of drug-likeness (QED) is 0.758. The van der Waals surface area contributed by atoms with Crippen molar-refractivity contribution in [3.63, 3.8) is 0 Å². The summed E-state index contributed by atoms with van der Waals surface area (Å²) < 4.78 is 0. The highest BCUT2D eigenvalue weighted by molar-refractivity contribution is 6.05.